The van der Waals surface area contributed by atoms with Crippen molar-refractivity contribution in [3.05, 3.63) is 29.8 Å². The van der Waals surface area contributed by atoms with Gasteiger partial charge in [0.25, 0.3) is 0 Å². The van der Waals surface area contributed by atoms with Crippen molar-refractivity contribution < 1.29 is 9.50 Å². The number of nitrogens with zero attached hydrogens (tertiary/aromatic N) is 3. The SMILES string of the molecule is CC(c1nc2cc(F)ccc2n1CCO)N1CCCCC1. The summed E-state index contributed by atoms with van der Waals surface area (Å²) < 4.78 is 15.4. The Hall–Kier alpha value is -1.46. The second-order valence-corrected chi connectivity index (χ2v) is 5.75. The van der Waals surface area contributed by atoms with Crippen LogP contribution in [0.25, 0.3) is 11.0 Å². The average molecular weight is 291 g/mol. The van der Waals surface area contributed by atoms with Gasteiger partial charge in [0.15, 0.2) is 0 Å². The Kier molecular flexibility index (Phi) is 4.22. The van der Waals surface area contributed by atoms with Gasteiger partial charge in [-0.05, 0) is 45.0 Å². The Balaban J connectivity index is 2.01. The zero-order valence-corrected chi connectivity index (χ0v) is 12.4. The lowest BCUT2D eigenvalue weighted by atomic mass is 10.1. The molecule has 4 nitrogen and oxygen atoms in total. The van der Waals surface area contributed by atoms with Gasteiger partial charge in [-0.2, -0.15) is 0 Å². The third-order valence-electron chi connectivity index (χ3n) is 4.38. The number of fused-ring (bicyclic) bond motifs is 1. The molecular formula is C16H22FN3O. The Morgan fingerprint density at radius 3 is 2.76 bits per heavy atom. The summed E-state index contributed by atoms with van der Waals surface area (Å²) >= 11 is 0. The maximum absolute atomic E-state index is 13.4. The van der Waals surface area contributed by atoms with E-state index < -0.39 is 0 Å². The first kappa shape index (κ1) is 14.5. The third-order valence-corrected chi connectivity index (χ3v) is 4.38. The molecule has 1 aliphatic heterocycles. The van der Waals surface area contributed by atoms with Gasteiger partial charge in [0, 0.05) is 12.6 Å². The smallest absolute Gasteiger partial charge is 0.127 e. The highest BCUT2D eigenvalue weighted by atomic mass is 19.1. The van der Waals surface area contributed by atoms with Gasteiger partial charge in [-0.25, -0.2) is 9.37 Å². The molecule has 0 aliphatic carbocycles. The zero-order chi connectivity index (χ0) is 14.8. The van der Waals surface area contributed by atoms with Crippen LogP contribution in [0.4, 0.5) is 4.39 Å². The van der Waals surface area contributed by atoms with Crippen LogP contribution in [0, 0.1) is 5.82 Å². The monoisotopic (exact) mass is 291 g/mol. The average Bonchev–Trinajstić information content (AvgIpc) is 2.85. The van der Waals surface area contributed by atoms with Gasteiger partial charge in [-0.15, -0.1) is 0 Å². The first-order valence-electron chi connectivity index (χ1n) is 7.71. The molecule has 2 aromatic rings. The van der Waals surface area contributed by atoms with Crippen molar-refractivity contribution >= 4 is 11.0 Å². The van der Waals surface area contributed by atoms with Crippen molar-refractivity contribution in [3.63, 3.8) is 0 Å². The van der Waals surface area contributed by atoms with E-state index in [4.69, 9.17) is 0 Å². The molecule has 1 unspecified atom stereocenters. The van der Waals surface area contributed by atoms with Crippen LogP contribution in [0.1, 0.15) is 38.1 Å². The second kappa shape index (κ2) is 6.12. The highest BCUT2D eigenvalue weighted by Crippen LogP contribution is 2.27. The van der Waals surface area contributed by atoms with Crippen molar-refractivity contribution in [2.45, 2.75) is 38.8 Å². The molecular weight excluding hydrogens is 269 g/mol. The molecule has 0 amide bonds. The standard InChI is InChI=1S/C16H22FN3O/c1-12(19-7-3-2-4-8-19)16-18-14-11-13(17)5-6-15(14)20(16)9-10-21/h5-6,11-12,21H,2-4,7-10H2,1H3. The molecule has 21 heavy (non-hydrogen) atoms. The molecule has 5 heteroatoms. The van der Waals surface area contributed by atoms with Crippen LogP contribution >= 0.6 is 0 Å². The fourth-order valence-corrected chi connectivity index (χ4v) is 3.24. The number of imidazole rings is 1. The van der Waals surface area contributed by atoms with Crippen LogP contribution in [0.15, 0.2) is 18.2 Å². The lowest BCUT2D eigenvalue weighted by Crippen LogP contribution is -2.33. The molecule has 1 fully saturated rings. The number of aliphatic hydroxyl groups excluding tert-OH is 1. The summed E-state index contributed by atoms with van der Waals surface area (Å²) in [7, 11) is 0. The summed E-state index contributed by atoms with van der Waals surface area (Å²) in [6.45, 7) is 4.87. The molecule has 1 saturated heterocycles. The van der Waals surface area contributed by atoms with Crippen molar-refractivity contribution in [1.82, 2.24) is 14.5 Å². The van der Waals surface area contributed by atoms with Crippen LogP contribution in [-0.4, -0.2) is 39.3 Å². The van der Waals surface area contributed by atoms with Crippen LogP contribution in [0.3, 0.4) is 0 Å². The molecule has 1 aromatic heterocycles. The van der Waals surface area contributed by atoms with E-state index in [9.17, 15) is 9.50 Å². The number of hydrogen-bond donors (Lipinski definition) is 1. The molecule has 2 heterocycles. The summed E-state index contributed by atoms with van der Waals surface area (Å²) in [6.07, 6.45) is 3.74. The van der Waals surface area contributed by atoms with Crippen molar-refractivity contribution in [2.75, 3.05) is 19.7 Å². The highest BCUT2D eigenvalue weighted by molar-refractivity contribution is 5.76. The molecule has 0 bridgehead atoms. The largest absolute Gasteiger partial charge is 0.395 e. The van der Waals surface area contributed by atoms with Gasteiger partial charge >= 0.3 is 0 Å². The van der Waals surface area contributed by atoms with Gasteiger partial charge in [-0.3, -0.25) is 4.90 Å². The Morgan fingerprint density at radius 2 is 2.05 bits per heavy atom. The summed E-state index contributed by atoms with van der Waals surface area (Å²) in [5, 5.41) is 9.33. The topological polar surface area (TPSA) is 41.3 Å². The van der Waals surface area contributed by atoms with E-state index in [0.29, 0.717) is 12.1 Å². The normalized spacial score (nSPS) is 18.2. The maximum Gasteiger partial charge on any atom is 0.127 e. The van der Waals surface area contributed by atoms with Crippen molar-refractivity contribution in [2.24, 2.45) is 0 Å². The van der Waals surface area contributed by atoms with Crippen molar-refractivity contribution in [1.29, 1.82) is 0 Å². The second-order valence-electron chi connectivity index (χ2n) is 5.75. The van der Waals surface area contributed by atoms with Gasteiger partial charge in [0.2, 0.25) is 0 Å². The van der Waals surface area contributed by atoms with Crippen LogP contribution in [-0.2, 0) is 6.54 Å². The molecule has 0 saturated carbocycles. The summed E-state index contributed by atoms with van der Waals surface area (Å²) in [4.78, 5) is 7.06. The molecule has 3 rings (SSSR count). The van der Waals surface area contributed by atoms with E-state index in [1.165, 1.54) is 31.4 Å². The van der Waals surface area contributed by atoms with Gasteiger partial charge < -0.3 is 9.67 Å². The first-order valence-corrected chi connectivity index (χ1v) is 7.71. The van der Waals surface area contributed by atoms with E-state index in [0.717, 1.165) is 24.4 Å². The number of aliphatic hydroxyl groups is 1. The molecule has 114 valence electrons. The number of piperidine rings is 1. The molecule has 1 atom stereocenters. The van der Waals surface area contributed by atoms with E-state index in [2.05, 4.69) is 16.8 Å². The minimum atomic E-state index is -0.270. The third kappa shape index (κ3) is 2.80. The number of aromatic nitrogens is 2. The summed E-state index contributed by atoms with van der Waals surface area (Å²) in [5.41, 5.74) is 1.56. The Morgan fingerprint density at radius 1 is 1.29 bits per heavy atom. The highest BCUT2D eigenvalue weighted by Gasteiger charge is 2.23. The van der Waals surface area contributed by atoms with Crippen molar-refractivity contribution in [3.8, 4) is 0 Å². The maximum atomic E-state index is 13.4. The number of halogens is 1. The Labute approximate surface area is 124 Å². The first-order chi connectivity index (χ1) is 10.2. The predicted octanol–water partition coefficient (Wildman–Crippen LogP) is 2.71. The zero-order valence-electron chi connectivity index (χ0n) is 12.4. The fourth-order valence-electron chi connectivity index (χ4n) is 3.24. The number of benzene rings is 1. The minimum Gasteiger partial charge on any atom is -0.395 e. The lowest BCUT2D eigenvalue weighted by Gasteiger charge is -2.32. The van der Waals surface area contributed by atoms with E-state index >= 15 is 0 Å². The van der Waals surface area contributed by atoms with Gasteiger partial charge in [0.05, 0.1) is 23.7 Å². The number of likely N-dealkylation sites (tertiary alicyclic amines) is 1. The molecule has 1 aliphatic rings. The summed E-state index contributed by atoms with van der Waals surface area (Å²) in [5.74, 6) is 0.653. The van der Waals surface area contributed by atoms with E-state index in [1.807, 2.05) is 4.57 Å². The van der Waals surface area contributed by atoms with E-state index in [-0.39, 0.29) is 18.5 Å². The van der Waals surface area contributed by atoms with Gasteiger partial charge in [-0.1, -0.05) is 6.42 Å². The fraction of sp³-hybridized carbons (Fsp3) is 0.562. The number of rotatable bonds is 4. The van der Waals surface area contributed by atoms with Crippen LogP contribution in [0.2, 0.25) is 0 Å². The number of hydrogen-bond acceptors (Lipinski definition) is 3. The Bertz CT molecular complexity index is 619. The minimum absolute atomic E-state index is 0.0581. The quantitative estimate of drug-likeness (QED) is 0.941. The lowest BCUT2D eigenvalue weighted by molar-refractivity contribution is 0.164. The van der Waals surface area contributed by atoms with Gasteiger partial charge in [0.1, 0.15) is 11.6 Å². The molecule has 0 spiro atoms. The van der Waals surface area contributed by atoms with E-state index in [1.54, 1.807) is 6.07 Å². The summed E-state index contributed by atoms with van der Waals surface area (Å²) in [6, 6.07) is 4.86. The molecule has 1 N–H and O–H groups in total. The van der Waals surface area contributed by atoms with Crippen LogP contribution in [0.5, 0.6) is 0 Å². The molecule has 0 radical (unpaired) electrons. The predicted molar refractivity (Wildman–Crippen MR) is 80.6 cm³/mol. The molecule has 1 aromatic carbocycles. The van der Waals surface area contributed by atoms with Crippen LogP contribution < -0.4 is 0 Å².